The van der Waals surface area contributed by atoms with Gasteiger partial charge in [0, 0.05) is 53.8 Å². The van der Waals surface area contributed by atoms with Gasteiger partial charge in [0.05, 0.1) is 24.8 Å². The Morgan fingerprint density at radius 2 is 1.97 bits per heavy atom. The average Bonchev–Trinajstić information content (AvgIpc) is 3.12. The molecule has 4 rings (SSSR count). The molecule has 198 valence electrons. The third-order valence-electron chi connectivity index (χ3n) is 7.38. The average molecular weight is 523 g/mol. The van der Waals surface area contributed by atoms with E-state index in [1.807, 2.05) is 47.6 Å². The normalized spacial score (nSPS) is 18.9. The second-order valence-corrected chi connectivity index (χ2v) is 11.1. The number of nitrogens with zero attached hydrogens (tertiary/aromatic N) is 3. The van der Waals surface area contributed by atoms with Crippen molar-refractivity contribution in [3.63, 3.8) is 0 Å². The number of hydrogen-bond donors (Lipinski definition) is 1. The van der Waals surface area contributed by atoms with Crippen LogP contribution in [0.2, 0.25) is 0 Å². The molecule has 2 atom stereocenters. The highest BCUT2D eigenvalue weighted by Crippen LogP contribution is 2.42. The first-order chi connectivity index (χ1) is 17.8. The maximum atomic E-state index is 13.7. The Bertz CT molecular complexity index is 1240. The van der Waals surface area contributed by atoms with Crippen molar-refractivity contribution in [2.24, 2.45) is 5.92 Å². The van der Waals surface area contributed by atoms with E-state index < -0.39 is 0 Å². The van der Waals surface area contributed by atoms with Crippen LogP contribution < -0.4 is 4.72 Å². The first kappa shape index (κ1) is 27.2. The Labute approximate surface area is 224 Å². The minimum Gasteiger partial charge on any atom is -0.378 e. The Hall–Kier alpha value is -2.81. The largest absolute Gasteiger partial charge is 0.378 e. The van der Waals surface area contributed by atoms with Crippen molar-refractivity contribution in [2.45, 2.75) is 39.2 Å². The van der Waals surface area contributed by atoms with Gasteiger partial charge in [0.15, 0.2) is 0 Å². The Balaban J connectivity index is 1.90. The molecule has 0 saturated carbocycles. The van der Waals surface area contributed by atoms with Crippen molar-refractivity contribution < 1.29 is 14.3 Å². The topological polar surface area (TPSA) is 66.8 Å². The SMILES string of the molecule is C=CC1=C(C=C)c2c(C(C)CC)c3ccc(C(=O)NSN(C)C)cc3n2CC(C(=O)N2CCOCC2)C1. The molecule has 37 heavy (non-hydrogen) atoms. The third-order valence-corrected chi connectivity index (χ3v) is 8.03. The van der Waals surface area contributed by atoms with Crippen LogP contribution in [0.15, 0.2) is 49.1 Å². The lowest BCUT2D eigenvalue weighted by atomic mass is 9.89. The fourth-order valence-electron chi connectivity index (χ4n) is 5.33. The summed E-state index contributed by atoms with van der Waals surface area (Å²) >= 11 is 1.25. The molecule has 2 aromatic rings. The predicted molar refractivity (Wildman–Crippen MR) is 152 cm³/mol. The summed E-state index contributed by atoms with van der Waals surface area (Å²) in [7, 11) is 3.76. The van der Waals surface area contributed by atoms with Crippen molar-refractivity contribution in [3.8, 4) is 0 Å². The molecule has 1 N–H and O–H groups in total. The highest BCUT2D eigenvalue weighted by atomic mass is 32.2. The molecule has 0 aliphatic carbocycles. The maximum absolute atomic E-state index is 13.7. The Kier molecular flexibility index (Phi) is 8.62. The first-order valence-electron chi connectivity index (χ1n) is 13.0. The number of rotatable bonds is 8. The summed E-state index contributed by atoms with van der Waals surface area (Å²) in [6.45, 7) is 15.6. The smallest absolute Gasteiger partial charge is 0.262 e. The van der Waals surface area contributed by atoms with Gasteiger partial charge in [-0.2, -0.15) is 0 Å². The van der Waals surface area contributed by atoms with E-state index >= 15 is 0 Å². The number of nitrogens with one attached hydrogen (secondary N) is 1. The molecule has 1 aromatic heterocycles. The number of carbonyl (C=O) groups excluding carboxylic acids is 2. The first-order valence-corrected chi connectivity index (χ1v) is 13.7. The van der Waals surface area contributed by atoms with E-state index in [4.69, 9.17) is 4.74 Å². The van der Waals surface area contributed by atoms with Crippen molar-refractivity contribution in [3.05, 3.63) is 65.9 Å². The number of allylic oxidation sites excluding steroid dienone is 4. The van der Waals surface area contributed by atoms with Gasteiger partial charge in [0.25, 0.3) is 5.91 Å². The summed E-state index contributed by atoms with van der Waals surface area (Å²) in [6.07, 6.45) is 5.35. The van der Waals surface area contributed by atoms with Gasteiger partial charge in [0.1, 0.15) is 0 Å². The number of benzene rings is 1. The molecule has 2 aliphatic heterocycles. The van der Waals surface area contributed by atoms with E-state index in [0.29, 0.717) is 44.8 Å². The van der Waals surface area contributed by atoms with Crippen LogP contribution in [0.4, 0.5) is 0 Å². The fraction of sp³-hybridized carbons (Fsp3) is 0.448. The number of amides is 2. The molecular weight excluding hydrogens is 484 g/mol. The lowest BCUT2D eigenvalue weighted by Crippen LogP contribution is -2.44. The van der Waals surface area contributed by atoms with Crippen LogP contribution >= 0.6 is 12.1 Å². The number of morpholine rings is 1. The zero-order valence-electron chi connectivity index (χ0n) is 22.4. The van der Waals surface area contributed by atoms with E-state index in [9.17, 15) is 9.59 Å². The van der Waals surface area contributed by atoms with Crippen molar-refractivity contribution in [1.82, 2.24) is 18.5 Å². The van der Waals surface area contributed by atoms with Gasteiger partial charge >= 0.3 is 0 Å². The van der Waals surface area contributed by atoms with Gasteiger partial charge in [-0.3, -0.25) is 14.3 Å². The predicted octanol–water partition coefficient (Wildman–Crippen LogP) is 5.01. The van der Waals surface area contributed by atoms with Crippen LogP contribution in [0.5, 0.6) is 0 Å². The Morgan fingerprint density at radius 1 is 1.24 bits per heavy atom. The molecule has 1 aromatic carbocycles. The maximum Gasteiger partial charge on any atom is 0.262 e. The summed E-state index contributed by atoms with van der Waals surface area (Å²) < 4.78 is 12.5. The molecule has 0 bridgehead atoms. The number of hydrogen-bond acceptors (Lipinski definition) is 5. The van der Waals surface area contributed by atoms with Crippen LogP contribution in [0, 0.1) is 5.92 Å². The summed E-state index contributed by atoms with van der Waals surface area (Å²) in [5, 5.41) is 1.11. The molecule has 2 amide bonds. The van der Waals surface area contributed by atoms with Gasteiger partial charge in [-0.1, -0.05) is 45.2 Å². The molecule has 1 fully saturated rings. The Morgan fingerprint density at radius 3 is 2.59 bits per heavy atom. The molecule has 7 nitrogen and oxygen atoms in total. The second-order valence-electron chi connectivity index (χ2n) is 9.93. The molecule has 1 saturated heterocycles. The van der Waals surface area contributed by atoms with E-state index in [0.717, 1.165) is 34.2 Å². The van der Waals surface area contributed by atoms with E-state index in [1.165, 1.54) is 17.7 Å². The van der Waals surface area contributed by atoms with Crippen LogP contribution in [-0.4, -0.2) is 66.0 Å². The molecule has 0 radical (unpaired) electrons. The highest BCUT2D eigenvalue weighted by Gasteiger charge is 2.33. The van der Waals surface area contributed by atoms with Crippen molar-refractivity contribution in [2.75, 3.05) is 40.4 Å². The quantitative estimate of drug-likeness (QED) is 0.494. The highest BCUT2D eigenvalue weighted by molar-refractivity contribution is 7.95. The lowest BCUT2D eigenvalue weighted by Gasteiger charge is -2.30. The zero-order valence-corrected chi connectivity index (χ0v) is 23.2. The van der Waals surface area contributed by atoms with Crippen molar-refractivity contribution >= 4 is 40.4 Å². The van der Waals surface area contributed by atoms with Crippen LogP contribution in [0.3, 0.4) is 0 Å². The van der Waals surface area contributed by atoms with E-state index in [-0.39, 0.29) is 23.7 Å². The standard InChI is InChI=1S/C29H38N4O3S/c1-7-19(4)26-24-11-10-21(28(34)30-37-31(5)6)17-25(24)33-18-22(29(35)32-12-14-36-15-13-32)16-20(8-2)23(9-3)27(26)33/h8-11,17,19,22H,2-3,7,12-16,18H2,1,4-6H3,(H,30,34). The summed E-state index contributed by atoms with van der Waals surface area (Å²) in [4.78, 5) is 28.6. The fourth-order valence-corrected chi connectivity index (χ4v) is 5.72. The van der Waals surface area contributed by atoms with E-state index in [2.05, 4.69) is 42.4 Å². The molecule has 3 heterocycles. The molecule has 8 heteroatoms. The minimum absolute atomic E-state index is 0.141. The van der Waals surface area contributed by atoms with Gasteiger partial charge in [0.2, 0.25) is 5.91 Å². The summed E-state index contributed by atoms with van der Waals surface area (Å²) in [5.41, 5.74) is 5.94. The third kappa shape index (κ3) is 5.42. The van der Waals surface area contributed by atoms with E-state index in [1.54, 1.807) is 0 Å². The van der Waals surface area contributed by atoms with Gasteiger partial charge in [-0.25, -0.2) is 4.31 Å². The molecule has 2 unspecified atom stereocenters. The van der Waals surface area contributed by atoms with Crippen LogP contribution in [0.25, 0.3) is 16.5 Å². The zero-order chi connectivity index (χ0) is 26.7. The monoisotopic (exact) mass is 522 g/mol. The minimum atomic E-state index is -0.246. The number of carbonyl (C=O) groups is 2. The second kappa shape index (κ2) is 11.7. The van der Waals surface area contributed by atoms with Gasteiger partial charge in [-0.15, -0.1) is 0 Å². The molecule has 2 aliphatic rings. The number of aromatic nitrogens is 1. The molecule has 0 spiro atoms. The van der Waals surface area contributed by atoms with Gasteiger partial charge < -0.3 is 14.2 Å². The summed E-state index contributed by atoms with van der Waals surface area (Å²) in [5.74, 6) is 0.0314. The lowest BCUT2D eigenvalue weighted by molar-refractivity contribution is -0.140. The summed E-state index contributed by atoms with van der Waals surface area (Å²) in [6, 6.07) is 5.91. The molecular formula is C29H38N4O3S. The number of fused-ring (bicyclic) bond motifs is 3. The van der Waals surface area contributed by atoms with Crippen LogP contribution in [0.1, 0.15) is 54.2 Å². The van der Waals surface area contributed by atoms with Gasteiger partial charge in [-0.05, 0) is 56.1 Å². The number of ether oxygens (including phenoxy) is 1. The van der Waals surface area contributed by atoms with Crippen LogP contribution in [-0.2, 0) is 16.1 Å². The van der Waals surface area contributed by atoms with Crippen molar-refractivity contribution in [1.29, 1.82) is 0 Å².